The van der Waals surface area contributed by atoms with Crippen LogP contribution in [0.25, 0.3) is 0 Å². The number of hydrogen-bond donors (Lipinski definition) is 4. The van der Waals surface area contributed by atoms with Gasteiger partial charge < -0.3 is 29.9 Å². The monoisotopic (exact) mass is 222 g/mol. The fourth-order valence-corrected chi connectivity index (χ4v) is 1.38. The predicted molar refractivity (Wildman–Crippen MR) is 45.9 cm³/mol. The number of carboxylic acids is 1. The minimum atomic E-state index is -1.48. The van der Waals surface area contributed by atoms with Crippen LogP contribution < -0.4 is 0 Å². The summed E-state index contributed by atoms with van der Waals surface area (Å²) in [5.41, 5.74) is 0. The normalized spacial score (nSPS) is 41.5. The van der Waals surface area contributed by atoms with E-state index in [9.17, 15) is 20.1 Å². The van der Waals surface area contributed by atoms with Crippen LogP contribution in [0.2, 0.25) is 0 Å². The Morgan fingerprint density at radius 3 is 2.47 bits per heavy atom. The molecule has 0 bridgehead atoms. The van der Waals surface area contributed by atoms with Crippen molar-refractivity contribution in [1.29, 1.82) is 0 Å². The molecule has 7 nitrogen and oxygen atoms in total. The van der Waals surface area contributed by atoms with Crippen molar-refractivity contribution in [2.24, 2.45) is 0 Å². The second-order valence-corrected chi connectivity index (χ2v) is 3.38. The molecule has 0 saturated carbocycles. The molecule has 1 aliphatic heterocycles. The number of aliphatic carboxylic acids is 1. The van der Waals surface area contributed by atoms with Gasteiger partial charge in [-0.15, -0.1) is 0 Å². The number of rotatable bonds is 3. The molecule has 1 aliphatic rings. The highest BCUT2D eigenvalue weighted by Crippen LogP contribution is 2.21. The van der Waals surface area contributed by atoms with Crippen LogP contribution in [0.1, 0.15) is 6.92 Å². The average Bonchev–Trinajstić information content (AvgIpc) is 2.14. The third-order valence-corrected chi connectivity index (χ3v) is 2.20. The summed E-state index contributed by atoms with van der Waals surface area (Å²) in [5.74, 6) is -1.22. The Morgan fingerprint density at radius 1 is 1.33 bits per heavy atom. The first-order chi connectivity index (χ1) is 6.93. The van der Waals surface area contributed by atoms with E-state index in [0.717, 1.165) is 0 Å². The van der Waals surface area contributed by atoms with Gasteiger partial charge in [0.05, 0.1) is 6.10 Å². The van der Waals surface area contributed by atoms with Gasteiger partial charge in [-0.2, -0.15) is 0 Å². The Morgan fingerprint density at radius 2 is 1.93 bits per heavy atom. The topological polar surface area (TPSA) is 116 Å². The lowest BCUT2D eigenvalue weighted by molar-refractivity contribution is -0.285. The highest BCUT2D eigenvalue weighted by atomic mass is 16.6. The first-order valence-electron chi connectivity index (χ1n) is 4.46. The number of ether oxygens (including phenoxy) is 2. The Bertz CT molecular complexity index is 217. The van der Waals surface area contributed by atoms with E-state index in [0.29, 0.717) is 0 Å². The highest BCUT2D eigenvalue weighted by molar-refractivity contribution is 5.68. The predicted octanol–water partition coefficient (Wildman–Crippen LogP) is -2.08. The van der Waals surface area contributed by atoms with Gasteiger partial charge in [0.15, 0.2) is 6.29 Å². The molecule has 7 heteroatoms. The molecule has 0 aliphatic carbocycles. The van der Waals surface area contributed by atoms with E-state index in [-0.39, 0.29) is 0 Å². The third kappa shape index (κ3) is 2.86. The molecule has 15 heavy (non-hydrogen) atoms. The summed E-state index contributed by atoms with van der Waals surface area (Å²) < 4.78 is 9.55. The van der Waals surface area contributed by atoms with E-state index in [4.69, 9.17) is 14.6 Å². The molecule has 5 atom stereocenters. The fraction of sp³-hybridized carbons (Fsp3) is 0.875. The maximum atomic E-state index is 10.2. The fourth-order valence-electron chi connectivity index (χ4n) is 1.38. The Labute approximate surface area is 85.9 Å². The van der Waals surface area contributed by atoms with Crippen LogP contribution in [0, 0.1) is 0 Å². The van der Waals surface area contributed by atoms with E-state index in [1.165, 1.54) is 6.92 Å². The van der Waals surface area contributed by atoms with Crippen molar-refractivity contribution in [1.82, 2.24) is 0 Å². The third-order valence-electron chi connectivity index (χ3n) is 2.20. The largest absolute Gasteiger partial charge is 0.480 e. The van der Waals surface area contributed by atoms with Crippen LogP contribution in [-0.4, -0.2) is 63.7 Å². The van der Waals surface area contributed by atoms with Crippen molar-refractivity contribution in [3.05, 3.63) is 0 Å². The van der Waals surface area contributed by atoms with Gasteiger partial charge in [0, 0.05) is 0 Å². The van der Waals surface area contributed by atoms with Crippen molar-refractivity contribution < 1.29 is 34.7 Å². The number of carboxylic acid groups (broad SMARTS) is 1. The molecule has 0 aromatic rings. The molecule has 1 heterocycles. The summed E-state index contributed by atoms with van der Waals surface area (Å²) in [6.07, 6.45) is -6.03. The second kappa shape index (κ2) is 4.86. The number of aliphatic hydroxyl groups excluding tert-OH is 3. The molecule has 1 fully saturated rings. The summed E-state index contributed by atoms with van der Waals surface area (Å²) >= 11 is 0. The van der Waals surface area contributed by atoms with Gasteiger partial charge in [0.25, 0.3) is 0 Å². The Balaban J connectivity index is 2.60. The van der Waals surface area contributed by atoms with Gasteiger partial charge in [-0.05, 0) is 6.92 Å². The molecule has 0 radical (unpaired) electrons. The van der Waals surface area contributed by atoms with Crippen molar-refractivity contribution >= 4 is 5.97 Å². The molecule has 0 spiro atoms. The molecule has 0 aromatic heterocycles. The van der Waals surface area contributed by atoms with Crippen molar-refractivity contribution in [2.45, 2.75) is 37.6 Å². The second-order valence-electron chi connectivity index (χ2n) is 3.38. The Hall–Kier alpha value is -0.730. The summed E-state index contributed by atoms with van der Waals surface area (Å²) in [4.78, 5) is 10.2. The maximum absolute atomic E-state index is 10.2. The number of carbonyl (C=O) groups is 1. The minimum Gasteiger partial charge on any atom is -0.480 e. The minimum absolute atomic E-state index is 0.655. The average molecular weight is 222 g/mol. The van der Waals surface area contributed by atoms with E-state index in [2.05, 4.69) is 0 Å². The van der Waals surface area contributed by atoms with Crippen LogP contribution in [0.15, 0.2) is 0 Å². The quantitative estimate of drug-likeness (QED) is 0.432. The molecular weight excluding hydrogens is 208 g/mol. The van der Waals surface area contributed by atoms with E-state index in [1.54, 1.807) is 0 Å². The van der Waals surface area contributed by atoms with Gasteiger partial charge >= 0.3 is 5.97 Å². The summed E-state index contributed by atoms with van der Waals surface area (Å²) in [7, 11) is 0. The lowest BCUT2D eigenvalue weighted by Gasteiger charge is -2.38. The lowest BCUT2D eigenvalue weighted by atomic mass is 10.00. The first-order valence-corrected chi connectivity index (χ1v) is 4.46. The summed E-state index contributed by atoms with van der Waals surface area (Å²) in [5, 5.41) is 36.5. The molecular formula is C8H14O7. The summed E-state index contributed by atoms with van der Waals surface area (Å²) in [6.45, 7) is 0.828. The van der Waals surface area contributed by atoms with Crippen LogP contribution in [-0.2, 0) is 14.3 Å². The van der Waals surface area contributed by atoms with Crippen LogP contribution in [0.5, 0.6) is 0 Å². The SMILES string of the molecule is C[C@@H]1O[C@@H](O)[C@H](O)[C@H](OCC(=O)O)[C@H]1O. The van der Waals surface area contributed by atoms with Crippen LogP contribution in [0.3, 0.4) is 0 Å². The van der Waals surface area contributed by atoms with Crippen LogP contribution >= 0.6 is 0 Å². The van der Waals surface area contributed by atoms with E-state index in [1.807, 2.05) is 0 Å². The molecule has 0 aromatic carbocycles. The van der Waals surface area contributed by atoms with Crippen molar-refractivity contribution in [3.8, 4) is 0 Å². The van der Waals surface area contributed by atoms with Gasteiger partial charge in [0.1, 0.15) is 24.9 Å². The maximum Gasteiger partial charge on any atom is 0.329 e. The molecule has 0 amide bonds. The molecule has 1 rings (SSSR count). The lowest BCUT2D eigenvalue weighted by Crippen LogP contribution is -2.57. The van der Waals surface area contributed by atoms with E-state index >= 15 is 0 Å². The molecule has 1 saturated heterocycles. The summed E-state index contributed by atoms with van der Waals surface area (Å²) in [6, 6.07) is 0. The highest BCUT2D eigenvalue weighted by Gasteiger charge is 2.42. The Kier molecular flexibility index (Phi) is 4.00. The first kappa shape index (κ1) is 12.3. The molecule has 88 valence electrons. The zero-order valence-corrected chi connectivity index (χ0v) is 8.11. The van der Waals surface area contributed by atoms with Crippen molar-refractivity contribution in [3.63, 3.8) is 0 Å². The zero-order valence-electron chi connectivity index (χ0n) is 8.11. The number of hydrogen-bond acceptors (Lipinski definition) is 6. The van der Waals surface area contributed by atoms with Gasteiger partial charge in [-0.3, -0.25) is 0 Å². The number of aliphatic hydroxyl groups is 3. The van der Waals surface area contributed by atoms with Gasteiger partial charge in [-0.25, -0.2) is 4.79 Å². The molecule has 4 N–H and O–H groups in total. The van der Waals surface area contributed by atoms with Gasteiger partial charge in [-0.1, -0.05) is 0 Å². The van der Waals surface area contributed by atoms with Gasteiger partial charge in [0.2, 0.25) is 0 Å². The standard InChI is InChI=1S/C8H14O7/c1-3-5(11)7(14-2-4(9)10)6(12)8(13)15-3/h3,5-8,11-13H,2H2,1H3,(H,9,10)/t3-,5-,6+,7+,8+/m0/s1. The van der Waals surface area contributed by atoms with Crippen LogP contribution in [0.4, 0.5) is 0 Å². The van der Waals surface area contributed by atoms with E-state index < -0.39 is 43.3 Å². The molecule has 0 unspecified atom stereocenters. The van der Waals surface area contributed by atoms with Crippen molar-refractivity contribution in [2.75, 3.05) is 6.61 Å². The zero-order chi connectivity index (χ0) is 11.6. The smallest absolute Gasteiger partial charge is 0.329 e.